The van der Waals surface area contributed by atoms with Gasteiger partial charge in [0.1, 0.15) is 0 Å². The number of anilines is 1. The Morgan fingerprint density at radius 3 is 2.41 bits per heavy atom. The molecule has 0 radical (unpaired) electrons. The van der Waals surface area contributed by atoms with Crippen molar-refractivity contribution in [3.8, 4) is 0 Å². The Labute approximate surface area is 177 Å². The lowest BCUT2D eigenvalue weighted by atomic mass is 10.1. The topological polar surface area (TPSA) is 78.5 Å². The highest BCUT2D eigenvalue weighted by Crippen LogP contribution is 2.34. The minimum absolute atomic E-state index is 0.146. The van der Waals surface area contributed by atoms with Crippen LogP contribution in [0.3, 0.4) is 0 Å². The number of hydrogen-bond donors (Lipinski definition) is 2. The molecule has 2 rings (SSSR count). The Kier molecular flexibility index (Phi) is 7.80. The molecule has 29 heavy (non-hydrogen) atoms. The van der Waals surface area contributed by atoms with Crippen LogP contribution >= 0.6 is 27.3 Å². The molecule has 1 aromatic heterocycles. The Bertz CT molecular complexity index is 902. The molecule has 0 bridgehead atoms. The molecule has 3 amide bonds. The first-order valence-electron chi connectivity index (χ1n) is 8.39. The van der Waals surface area contributed by atoms with Gasteiger partial charge in [0, 0.05) is 6.54 Å². The van der Waals surface area contributed by atoms with E-state index in [-0.39, 0.29) is 18.8 Å². The van der Waals surface area contributed by atoms with Crippen LogP contribution in [0.4, 0.5) is 18.9 Å². The van der Waals surface area contributed by atoms with Crippen LogP contribution in [-0.2, 0) is 15.8 Å². The summed E-state index contributed by atoms with van der Waals surface area (Å²) >= 11 is 4.44. The van der Waals surface area contributed by atoms with Gasteiger partial charge in [0.15, 0.2) is 0 Å². The highest BCUT2D eigenvalue weighted by Gasteiger charge is 2.33. The van der Waals surface area contributed by atoms with Crippen molar-refractivity contribution in [2.24, 2.45) is 0 Å². The van der Waals surface area contributed by atoms with E-state index in [1.807, 2.05) is 0 Å². The summed E-state index contributed by atoms with van der Waals surface area (Å²) in [4.78, 5) is 38.0. The number of hydrogen-bond acceptors (Lipinski definition) is 4. The number of amides is 3. The van der Waals surface area contributed by atoms with Gasteiger partial charge in [0.05, 0.1) is 33.0 Å². The van der Waals surface area contributed by atoms with Crippen molar-refractivity contribution in [3.05, 3.63) is 50.6 Å². The van der Waals surface area contributed by atoms with Crippen LogP contribution in [0.5, 0.6) is 0 Å². The molecule has 0 aliphatic rings. The van der Waals surface area contributed by atoms with E-state index in [9.17, 15) is 27.6 Å². The molecule has 156 valence electrons. The van der Waals surface area contributed by atoms with Crippen molar-refractivity contribution >= 4 is 50.7 Å². The minimum atomic E-state index is -4.62. The lowest BCUT2D eigenvalue weighted by Crippen LogP contribution is -2.43. The third-order valence-electron chi connectivity index (χ3n) is 3.77. The molecule has 0 spiro atoms. The van der Waals surface area contributed by atoms with Crippen molar-refractivity contribution in [2.45, 2.75) is 13.1 Å². The second kappa shape index (κ2) is 9.88. The van der Waals surface area contributed by atoms with Crippen LogP contribution in [0.2, 0.25) is 0 Å². The maximum Gasteiger partial charge on any atom is 0.418 e. The van der Waals surface area contributed by atoms with Gasteiger partial charge in [-0.05, 0) is 47.1 Å². The lowest BCUT2D eigenvalue weighted by Gasteiger charge is -2.21. The van der Waals surface area contributed by atoms with Gasteiger partial charge >= 0.3 is 6.18 Å². The molecule has 0 fully saturated rings. The Morgan fingerprint density at radius 1 is 1.14 bits per heavy atom. The van der Waals surface area contributed by atoms with Gasteiger partial charge in [0.25, 0.3) is 5.91 Å². The first kappa shape index (κ1) is 22.9. The molecule has 1 aromatic carbocycles. The van der Waals surface area contributed by atoms with Crippen LogP contribution in [0.1, 0.15) is 22.2 Å². The van der Waals surface area contributed by atoms with Gasteiger partial charge in [-0.25, -0.2) is 0 Å². The molecule has 0 unspecified atom stereocenters. The number of carbonyl (C=O) groups excluding carboxylic acids is 3. The van der Waals surface area contributed by atoms with E-state index in [1.165, 1.54) is 23.5 Å². The summed E-state index contributed by atoms with van der Waals surface area (Å²) in [6.07, 6.45) is -4.62. The molecule has 6 nitrogen and oxygen atoms in total. The first-order valence-corrected chi connectivity index (χ1v) is 10.00. The van der Waals surface area contributed by atoms with Crippen molar-refractivity contribution in [3.63, 3.8) is 0 Å². The molecule has 1 heterocycles. The van der Waals surface area contributed by atoms with Gasteiger partial charge in [-0.2, -0.15) is 13.2 Å². The van der Waals surface area contributed by atoms with Crippen molar-refractivity contribution < 1.29 is 27.6 Å². The fourth-order valence-electron chi connectivity index (χ4n) is 2.37. The molecule has 2 N–H and O–H groups in total. The number of nitrogens with zero attached hydrogens (tertiary/aromatic N) is 1. The Hall–Kier alpha value is -2.40. The van der Waals surface area contributed by atoms with E-state index in [2.05, 4.69) is 26.6 Å². The fourth-order valence-corrected chi connectivity index (χ4v) is 3.67. The van der Waals surface area contributed by atoms with Gasteiger partial charge in [-0.3, -0.25) is 14.4 Å². The highest BCUT2D eigenvalue weighted by atomic mass is 79.9. The van der Waals surface area contributed by atoms with E-state index in [1.54, 1.807) is 19.1 Å². The summed E-state index contributed by atoms with van der Waals surface area (Å²) in [5.74, 6) is -1.74. The standard InChI is InChI=1S/C18H17BrF3N3O3S/c1-2-25(16(27)9-23-17(28)13-7-8-14(19)29-13)10-15(26)24-12-6-4-3-5-11(12)18(20,21)22/h3-8H,2,9-10H2,1H3,(H,23,28)(H,24,26). The number of thiophene rings is 1. The van der Waals surface area contributed by atoms with E-state index in [4.69, 9.17) is 0 Å². The molecular weight excluding hydrogens is 475 g/mol. The summed E-state index contributed by atoms with van der Waals surface area (Å²) in [5, 5.41) is 4.64. The van der Waals surface area contributed by atoms with Gasteiger partial charge in [-0.1, -0.05) is 12.1 Å². The van der Waals surface area contributed by atoms with E-state index < -0.39 is 36.0 Å². The molecule has 0 atom stereocenters. The second-order valence-corrected chi connectivity index (χ2v) is 8.25. The Morgan fingerprint density at radius 2 is 1.83 bits per heavy atom. The second-order valence-electron chi connectivity index (χ2n) is 5.79. The zero-order chi connectivity index (χ0) is 21.6. The van der Waals surface area contributed by atoms with Crippen LogP contribution in [0, 0.1) is 0 Å². The maximum atomic E-state index is 13.0. The number of benzene rings is 1. The number of halogens is 4. The monoisotopic (exact) mass is 491 g/mol. The normalized spacial score (nSPS) is 11.1. The van der Waals surface area contributed by atoms with E-state index in [0.717, 1.165) is 20.8 Å². The van der Waals surface area contributed by atoms with Crippen molar-refractivity contribution in [1.29, 1.82) is 0 Å². The number of carbonyl (C=O) groups is 3. The lowest BCUT2D eigenvalue weighted by molar-refractivity contribution is -0.137. The average Bonchev–Trinajstić information content (AvgIpc) is 3.10. The van der Waals surface area contributed by atoms with Crippen LogP contribution in [-0.4, -0.2) is 42.3 Å². The summed E-state index contributed by atoms with van der Waals surface area (Å²) in [7, 11) is 0. The third-order valence-corrected chi connectivity index (χ3v) is 5.40. The van der Waals surface area contributed by atoms with E-state index >= 15 is 0 Å². The SMILES string of the molecule is CCN(CC(=O)Nc1ccccc1C(F)(F)F)C(=O)CNC(=O)c1ccc(Br)s1. The summed E-state index contributed by atoms with van der Waals surface area (Å²) < 4.78 is 39.8. The quantitative estimate of drug-likeness (QED) is 0.619. The maximum absolute atomic E-state index is 13.0. The van der Waals surface area contributed by atoms with Crippen LogP contribution in [0.25, 0.3) is 0 Å². The van der Waals surface area contributed by atoms with Gasteiger partial charge < -0.3 is 15.5 Å². The number of rotatable bonds is 7. The van der Waals surface area contributed by atoms with Crippen LogP contribution in [0.15, 0.2) is 40.2 Å². The summed E-state index contributed by atoms with van der Waals surface area (Å²) in [5.41, 5.74) is -1.36. The largest absolute Gasteiger partial charge is 0.418 e. The van der Waals surface area contributed by atoms with E-state index in [0.29, 0.717) is 4.88 Å². The summed E-state index contributed by atoms with van der Waals surface area (Å²) in [6.45, 7) is 0.983. The molecular formula is C18H17BrF3N3O3S. The minimum Gasteiger partial charge on any atom is -0.342 e. The molecule has 11 heteroatoms. The Balaban J connectivity index is 1.94. The molecule has 2 aromatic rings. The van der Waals surface area contributed by atoms with Crippen molar-refractivity contribution in [1.82, 2.24) is 10.2 Å². The number of alkyl halides is 3. The molecule has 0 aliphatic carbocycles. The zero-order valence-corrected chi connectivity index (χ0v) is 17.6. The molecule has 0 saturated heterocycles. The molecule has 0 aliphatic heterocycles. The predicted molar refractivity (Wildman–Crippen MR) is 107 cm³/mol. The smallest absolute Gasteiger partial charge is 0.342 e. The predicted octanol–water partition coefficient (Wildman–Crippen LogP) is 3.75. The van der Waals surface area contributed by atoms with Crippen LogP contribution < -0.4 is 10.6 Å². The fraction of sp³-hybridized carbons (Fsp3) is 0.278. The third kappa shape index (κ3) is 6.57. The van der Waals surface area contributed by atoms with Gasteiger partial charge in [0.2, 0.25) is 11.8 Å². The number of likely N-dealkylation sites (N-methyl/N-ethyl adjacent to an activating group) is 1. The summed E-state index contributed by atoms with van der Waals surface area (Å²) in [6, 6.07) is 7.87. The zero-order valence-electron chi connectivity index (χ0n) is 15.2. The van der Waals surface area contributed by atoms with Crippen molar-refractivity contribution in [2.75, 3.05) is 25.0 Å². The van der Waals surface area contributed by atoms with Gasteiger partial charge in [-0.15, -0.1) is 11.3 Å². The number of nitrogens with one attached hydrogen (secondary N) is 2. The number of para-hydroxylation sites is 1. The highest BCUT2D eigenvalue weighted by molar-refractivity contribution is 9.11. The average molecular weight is 492 g/mol. The first-order chi connectivity index (χ1) is 13.6. The molecule has 0 saturated carbocycles.